The van der Waals surface area contributed by atoms with E-state index in [1.54, 1.807) is 19.2 Å². The summed E-state index contributed by atoms with van der Waals surface area (Å²) in [7, 11) is 1.55. The van der Waals surface area contributed by atoms with Gasteiger partial charge in [0.1, 0.15) is 11.5 Å². The zero-order valence-electron chi connectivity index (χ0n) is 14.5. The number of aryl methyl sites for hydroxylation is 2. The van der Waals surface area contributed by atoms with Crippen LogP contribution in [0.2, 0.25) is 0 Å². The van der Waals surface area contributed by atoms with Crippen LogP contribution in [-0.4, -0.2) is 24.7 Å². The van der Waals surface area contributed by atoms with Gasteiger partial charge in [0.15, 0.2) is 17.1 Å². The Morgan fingerprint density at radius 3 is 2.76 bits per heavy atom. The zero-order valence-corrected chi connectivity index (χ0v) is 14.5. The average molecular weight is 343 g/mol. The van der Waals surface area contributed by atoms with Crippen LogP contribution in [0.15, 0.2) is 39.2 Å². The van der Waals surface area contributed by atoms with Crippen molar-refractivity contribution in [2.45, 2.75) is 26.4 Å². The summed E-state index contributed by atoms with van der Waals surface area (Å²) in [5, 5.41) is 13.8. The molecule has 0 spiro atoms. The first-order valence-electron chi connectivity index (χ1n) is 8.09. The molecule has 1 atom stereocenters. The van der Waals surface area contributed by atoms with Crippen LogP contribution < -0.4 is 10.1 Å². The summed E-state index contributed by atoms with van der Waals surface area (Å²) in [6, 6.07) is 8.95. The topological polar surface area (TPSA) is 84.8 Å². The lowest BCUT2D eigenvalue weighted by atomic mass is 10.1. The fourth-order valence-electron chi connectivity index (χ4n) is 2.86. The molecular weight excluding hydrogens is 322 g/mol. The zero-order chi connectivity index (χ0) is 18.0. The van der Waals surface area contributed by atoms with Gasteiger partial charge < -0.3 is 24.0 Å². The molecule has 6 heteroatoms. The third-order valence-electron chi connectivity index (χ3n) is 4.09. The van der Waals surface area contributed by atoms with Crippen molar-refractivity contribution in [2.24, 2.45) is 0 Å². The standard InChI is InChI=1S/C19H21NO5/c1-11-9-14(12(2)24-11)15(21)7-8-20-19(22)17-10-13-5-4-6-16(23-3)18(13)25-17/h4-6,9-10,15,21H,7-8H2,1-3H3,(H,20,22)/t15-/m0/s1. The van der Waals surface area contributed by atoms with Crippen LogP contribution in [0.25, 0.3) is 11.0 Å². The number of furan rings is 2. The van der Waals surface area contributed by atoms with Gasteiger partial charge in [-0.15, -0.1) is 0 Å². The number of nitrogens with one attached hydrogen (secondary N) is 1. The van der Waals surface area contributed by atoms with E-state index in [1.807, 2.05) is 32.0 Å². The lowest BCUT2D eigenvalue weighted by molar-refractivity contribution is 0.0917. The second kappa shape index (κ2) is 7.03. The summed E-state index contributed by atoms with van der Waals surface area (Å²) >= 11 is 0. The summed E-state index contributed by atoms with van der Waals surface area (Å²) < 4.78 is 16.2. The van der Waals surface area contributed by atoms with E-state index in [0.717, 1.165) is 16.7 Å². The summed E-state index contributed by atoms with van der Waals surface area (Å²) in [5.74, 6) is 1.92. The summed E-state index contributed by atoms with van der Waals surface area (Å²) in [6.45, 7) is 3.96. The number of hydrogen-bond acceptors (Lipinski definition) is 5. The quantitative estimate of drug-likeness (QED) is 0.715. The van der Waals surface area contributed by atoms with E-state index in [2.05, 4.69) is 5.32 Å². The predicted molar refractivity (Wildman–Crippen MR) is 92.9 cm³/mol. The molecule has 2 aromatic heterocycles. The number of rotatable bonds is 6. The van der Waals surface area contributed by atoms with Crippen LogP contribution in [0.1, 0.15) is 40.2 Å². The third kappa shape index (κ3) is 3.53. The Balaban J connectivity index is 1.62. The minimum absolute atomic E-state index is 0.212. The smallest absolute Gasteiger partial charge is 0.287 e. The minimum Gasteiger partial charge on any atom is -0.493 e. The van der Waals surface area contributed by atoms with E-state index in [1.165, 1.54) is 0 Å². The Hall–Kier alpha value is -2.73. The molecule has 132 valence electrons. The van der Waals surface area contributed by atoms with Gasteiger partial charge in [-0.3, -0.25) is 4.79 Å². The largest absolute Gasteiger partial charge is 0.493 e. The van der Waals surface area contributed by atoms with E-state index in [4.69, 9.17) is 13.6 Å². The highest BCUT2D eigenvalue weighted by molar-refractivity contribution is 5.97. The molecule has 0 aliphatic rings. The van der Waals surface area contributed by atoms with Crippen molar-refractivity contribution in [3.63, 3.8) is 0 Å². The number of amides is 1. The van der Waals surface area contributed by atoms with Gasteiger partial charge in [-0.05, 0) is 38.5 Å². The molecule has 25 heavy (non-hydrogen) atoms. The monoisotopic (exact) mass is 343 g/mol. The van der Waals surface area contributed by atoms with E-state index in [-0.39, 0.29) is 11.7 Å². The van der Waals surface area contributed by atoms with Gasteiger partial charge in [0.2, 0.25) is 0 Å². The SMILES string of the molecule is COc1cccc2cc(C(=O)NCC[C@H](O)c3cc(C)oc3C)oc12. The Kier molecular flexibility index (Phi) is 4.81. The molecule has 1 aromatic carbocycles. The highest BCUT2D eigenvalue weighted by atomic mass is 16.5. The molecule has 0 unspecified atom stereocenters. The van der Waals surface area contributed by atoms with E-state index in [9.17, 15) is 9.90 Å². The number of carbonyl (C=O) groups excluding carboxylic acids is 1. The molecule has 0 saturated heterocycles. The van der Waals surface area contributed by atoms with Crippen molar-refractivity contribution >= 4 is 16.9 Å². The van der Waals surface area contributed by atoms with Crippen molar-refractivity contribution in [3.8, 4) is 5.75 Å². The number of aliphatic hydroxyl groups excluding tert-OH is 1. The summed E-state index contributed by atoms with van der Waals surface area (Å²) in [6.07, 6.45) is -0.303. The van der Waals surface area contributed by atoms with Crippen LogP contribution in [0.3, 0.4) is 0 Å². The maximum atomic E-state index is 12.3. The molecule has 0 fully saturated rings. The minimum atomic E-state index is -0.687. The second-order valence-electron chi connectivity index (χ2n) is 5.92. The van der Waals surface area contributed by atoms with Gasteiger partial charge in [-0.1, -0.05) is 12.1 Å². The highest BCUT2D eigenvalue weighted by Gasteiger charge is 2.17. The predicted octanol–water partition coefficient (Wildman–Crippen LogP) is 3.50. The lowest BCUT2D eigenvalue weighted by Crippen LogP contribution is -2.25. The molecule has 2 heterocycles. The normalized spacial score (nSPS) is 12.3. The van der Waals surface area contributed by atoms with Gasteiger partial charge in [-0.25, -0.2) is 0 Å². The van der Waals surface area contributed by atoms with Crippen molar-refractivity contribution in [1.82, 2.24) is 5.32 Å². The van der Waals surface area contributed by atoms with Crippen LogP contribution >= 0.6 is 0 Å². The number of fused-ring (bicyclic) bond motifs is 1. The summed E-state index contributed by atoms with van der Waals surface area (Å²) in [4.78, 5) is 12.3. The van der Waals surface area contributed by atoms with Crippen molar-refractivity contribution in [1.29, 1.82) is 0 Å². The number of hydrogen-bond donors (Lipinski definition) is 2. The maximum Gasteiger partial charge on any atom is 0.287 e. The van der Waals surface area contributed by atoms with Crippen molar-refractivity contribution in [2.75, 3.05) is 13.7 Å². The third-order valence-corrected chi connectivity index (χ3v) is 4.09. The number of ether oxygens (including phenoxy) is 1. The van der Waals surface area contributed by atoms with Gasteiger partial charge in [0.05, 0.1) is 13.2 Å². The first kappa shape index (κ1) is 17.1. The Bertz CT molecular complexity index is 892. The molecule has 0 radical (unpaired) electrons. The fraction of sp³-hybridized carbons (Fsp3) is 0.316. The molecule has 3 aromatic rings. The van der Waals surface area contributed by atoms with Gasteiger partial charge >= 0.3 is 0 Å². The van der Waals surface area contributed by atoms with Crippen molar-refractivity contribution < 1.29 is 23.5 Å². The molecule has 0 aliphatic carbocycles. The highest BCUT2D eigenvalue weighted by Crippen LogP contribution is 2.28. The van der Waals surface area contributed by atoms with Crippen LogP contribution in [0.4, 0.5) is 0 Å². The Morgan fingerprint density at radius 1 is 1.28 bits per heavy atom. The number of carbonyl (C=O) groups is 1. The molecule has 2 N–H and O–H groups in total. The second-order valence-corrected chi connectivity index (χ2v) is 5.92. The number of benzene rings is 1. The van der Waals surface area contributed by atoms with Gasteiger partial charge in [0.25, 0.3) is 5.91 Å². The molecule has 0 saturated carbocycles. The maximum absolute atomic E-state index is 12.3. The fourth-order valence-corrected chi connectivity index (χ4v) is 2.86. The van der Waals surface area contributed by atoms with E-state index >= 15 is 0 Å². The molecule has 6 nitrogen and oxygen atoms in total. The summed E-state index contributed by atoms with van der Waals surface area (Å²) in [5.41, 5.74) is 1.29. The number of methoxy groups -OCH3 is 1. The Labute approximate surface area is 145 Å². The van der Waals surface area contributed by atoms with Crippen LogP contribution in [0, 0.1) is 13.8 Å². The Morgan fingerprint density at radius 2 is 2.08 bits per heavy atom. The van der Waals surface area contributed by atoms with E-state index in [0.29, 0.717) is 30.1 Å². The molecule has 0 aliphatic heterocycles. The van der Waals surface area contributed by atoms with Gasteiger partial charge in [0, 0.05) is 17.5 Å². The molecule has 0 bridgehead atoms. The van der Waals surface area contributed by atoms with Crippen LogP contribution in [-0.2, 0) is 0 Å². The van der Waals surface area contributed by atoms with E-state index < -0.39 is 6.10 Å². The molecule has 3 rings (SSSR count). The first-order chi connectivity index (χ1) is 12.0. The number of para-hydroxylation sites is 1. The number of aliphatic hydroxyl groups is 1. The average Bonchev–Trinajstić information content (AvgIpc) is 3.17. The molecule has 1 amide bonds. The first-order valence-corrected chi connectivity index (χ1v) is 8.09. The van der Waals surface area contributed by atoms with Crippen LogP contribution in [0.5, 0.6) is 5.75 Å². The van der Waals surface area contributed by atoms with Gasteiger partial charge in [-0.2, -0.15) is 0 Å². The van der Waals surface area contributed by atoms with Crippen molar-refractivity contribution in [3.05, 3.63) is 53.2 Å². The lowest BCUT2D eigenvalue weighted by Gasteiger charge is -2.09. The molecular formula is C19H21NO5.